The Morgan fingerprint density at radius 1 is 1.28 bits per heavy atom. The Hall–Kier alpha value is -1.84. The smallest absolute Gasteiger partial charge is 0.225 e. The summed E-state index contributed by atoms with van der Waals surface area (Å²) in [7, 11) is 1.80. The van der Waals surface area contributed by atoms with E-state index < -0.39 is 0 Å². The Morgan fingerprint density at radius 2 is 2.04 bits per heavy atom. The van der Waals surface area contributed by atoms with Crippen molar-refractivity contribution in [2.24, 2.45) is 4.99 Å². The van der Waals surface area contributed by atoms with Crippen molar-refractivity contribution < 1.29 is 4.42 Å². The fraction of sp³-hybridized carbons (Fsp3) is 0.471. The lowest BCUT2D eigenvalue weighted by atomic mass is 10.1. The molecule has 1 aliphatic rings. The molecule has 0 aliphatic carbocycles. The van der Waals surface area contributed by atoms with Crippen LogP contribution in [-0.4, -0.2) is 48.7 Å². The fourth-order valence-electron chi connectivity index (χ4n) is 2.83. The maximum Gasteiger partial charge on any atom is 0.225 e. The van der Waals surface area contributed by atoms with Crippen molar-refractivity contribution in [2.45, 2.75) is 25.3 Å². The molecule has 0 atom stereocenters. The number of guanidine groups is 1. The average Bonchev–Trinajstić information content (AvgIpc) is 3.15. The molecule has 1 saturated heterocycles. The van der Waals surface area contributed by atoms with Gasteiger partial charge in [0.15, 0.2) is 5.96 Å². The van der Waals surface area contributed by atoms with E-state index in [2.05, 4.69) is 30.5 Å². The van der Waals surface area contributed by atoms with Crippen molar-refractivity contribution in [2.75, 3.05) is 31.6 Å². The van der Waals surface area contributed by atoms with E-state index in [9.17, 15) is 0 Å². The maximum absolute atomic E-state index is 5.34. The number of nitrogens with zero attached hydrogens (tertiary/aromatic N) is 4. The van der Waals surface area contributed by atoms with E-state index in [1.165, 1.54) is 0 Å². The van der Waals surface area contributed by atoms with Crippen molar-refractivity contribution in [1.29, 1.82) is 0 Å². The van der Waals surface area contributed by atoms with Gasteiger partial charge < -0.3 is 20.0 Å². The lowest BCUT2D eigenvalue weighted by molar-refractivity contribution is 0.456. The number of hydrogen-bond donors (Lipinski definition) is 2. The molecular formula is C17H25IN6O. The summed E-state index contributed by atoms with van der Waals surface area (Å²) in [6.45, 7) is 2.69. The standard InChI is InChI=1S/C17H24N6O.HI/c1-18-16(19-10-5-15-4-2-13-24-15)22-14-6-11-23(12-7-14)17-20-8-3-9-21-17;/h2-4,8-9,13-14H,5-7,10-12H2,1H3,(H2,18,19,22);1H. The molecule has 3 heterocycles. The van der Waals surface area contributed by atoms with Gasteiger partial charge in [0.1, 0.15) is 5.76 Å². The van der Waals surface area contributed by atoms with Crippen LogP contribution in [0.5, 0.6) is 0 Å². The highest BCUT2D eigenvalue weighted by atomic mass is 127. The Morgan fingerprint density at radius 3 is 2.68 bits per heavy atom. The normalized spacial score (nSPS) is 15.6. The molecule has 0 aromatic carbocycles. The summed E-state index contributed by atoms with van der Waals surface area (Å²) in [6, 6.07) is 6.15. The molecule has 0 spiro atoms. The van der Waals surface area contributed by atoms with Gasteiger partial charge in [-0.05, 0) is 31.0 Å². The monoisotopic (exact) mass is 456 g/mol. The Labute approximate surface area is 165 Å². The van der Waals surface area contributed by atoms with Crippen LogP contribution in [0.3, 0.4) is 0 Å². The highest BCUT2D eigenvalue weighted by Gasteiger charge is 2.21. The van der Waals surface area contributed by atoms with Crippen LogP contribution < -0.4 is 15.5 Å². The average molecular weight is 456 g/mol. The molecule has 2 N–H and O–H groups in total. The van der Waals surface area contributed by atoms with Crippen LogP contribution in [-0.2, 0) is 6.42 Å². The molecule has 0 radical (unpaired) electrons. The second-order valence-corrected chi connectivity index (χ2v) is 5.78. The summed E-state index contributed by atoms with van der Waals surface area (Å²) in [4.78, 5) is 15.2. The molecule has 2 aromatic heterocycles. The third-order valence-electron chi connectivity index (χ3n) is 4.14. The fourth-order valence-corrected chi connectivity index (χ4v) is 2.83. The molecule has 1 aliphatic heterocycles. The third kappa shape index (κ3) is 5.87. The summed E-state index contributed by atoms with van der Waals surface area (Å²) in [5.74, 6) is 2.64. The second-order valence-electron chi connectivity index (χ2n) is 5.78. The van der Waals surface area contributed by atoms with Gasteiger partial charge in [-0.3, -0.25) is 4.99 Å². The summed E-state index contributed by atoms with van der Waals surface area (Å²) < 4.78 is 5.34. The Balaban J connectivity index is 0.00000225. The van der Waals surface area contributed by atoms with E-state index in [0.29, 0.717) is 6.04 Å². The molecule has 25 heavy (non-hydrogen) atoms. The number of anilines is 1. The zero-order chi connectivity index (χ0) is 16.6. The number of piperidine rings is 1. The second kappa shape index (κ2) is 10.2. The number of furan rings is 1. The van der Waals surface area contributed by atoms with Crippen molar-refractivity contribution in [3.05, 3.63) is 42.6 Å². The highest BCUT2D eigenvalue weighted by molar-refractivity contribution is 14.0. The molecule has 2 aromatic rings. The van der Waals surface area contributed by atoms with E-state index in [4.69, 9.17) is 4.42 Å². The molecule has 7 nitrogen and oxygen atoms in total. The quantitative estimate of drug-likeness (QED) is 0.408. The minimum Gasteiger partial charge on any atom is -0.469 e. The molecule has 3 rings (SSSR count). The SMILES string of the molecule is CN=C(NCCc1ccco1)NC1CCN(c2ncccn2)CC1.I. The number of hydrogen-bond acceptors (Lipinski definition) is 5. The first-order valence-electron chi connectivity index (χ1n) is 8.36. The summed E-state index contributed by atoms with van der Waals surface area (Å²) in [5.41, 5.74) is 0. The van der Waals surface area contributed by atoms with E-state index in [0.717, 1.165) is 56.6 Å². The van der Waals surface area contributed by atoms with Crippen LogP contribution in [0.4, 0.5) is 5.95 Å². The number of aliphatic imine (C=N–C) groups is 1. The number of nitrogens with one attached hydrogen (secondary N) is 2. The van der Waals surface area contributed by atoms with Gasteiger partial charge in [0, 0.05) is 51.5 Å². The first-order chi connectivity index (χ1) is 11.8. The Bertz CT molecular complexity index is 626. The highest BCUT2D eigenvalue weighted by Crippen LogP contribution is 2.15. The van der Waals surface area contributed by atoms with Crippen LogP contribution in [0.2, 0.25) is 0 Å². The first-order valence-corrected chi connectivity index (χ1v) is 8.36. The topological polar surface area (TPSA) is 78.6 Å². The summed E-state index contributed by atoms with van der Waals surface area (Å²) in [5, 5.41) is 6.84. The number of aromatic nitrogens is 2. The van der Waals surface area contributed by atoms with Gasteiger partial charge in [-0.25, -0.2) is 9.97 Å². The molecule has 0 saturated carbocycles. The van der Waals surface area contributed by atoms with Gasteiger partial charge in [-0.2, -0.15) is 0 Å². The van der Waals surface area contributed by atoms with Gasteiger partial charge >= 0.3 is 0 Å². The van der Waals surface area contributed by atoms with Crippen LogP contribution in [0, 0.1) is 0 Å². The molecule has 1 fully saturated rings. The van der Waals surface area contributed by atoms with Crippen molar-refractivity contribution in [3.8, 4) is 0 Å². The van der Waals surface area contributed by atoms with Gasteiger partial charge in [0.25, 0.3) is 0 Å². The van der Waals surface area contributed by atoms with Crippen LogP contribution in [0.1, 0.15) is 18.6 Å². The van der Waals surface area contributed by atoms with Crippen LogP contribution in [0.25, 0.3) is 0 Å². The van der Waals surface area contributed by atoms with Crippen LogP contribution >= 0.6 is 24.0 Å². The predicted molar refractivity (Wildman–Crippen MR) is 110 cm³/mol. The minimum absolute atomic E-state index is 0. The predicted octanol–water partition coefficient (Wildman–Crippen LogP) is 2.06. The van der Waals surface area contributed by atoms with E-state index >= 15 is 0 Å². The zero-order valence-corrected chi connectivity index (χ0v) is 16.7. The van der Waals surface area contributed by atoms with E-state index in [1.807, 2.05) is 18.2 Å². The first kappa shape index (κ1) is 19.5. The Kier molecular flexibility index (Phi) is 7.96. The van der Waals surface area contributed by atoms with Gasteiger partial charge in [-0.15, -0.1) is 24.0 Å². The molecule has 8 heteroatoms. The lowest BCUT2D eigenvalue weighted by Crippen LogP contribution is -2.49. The van der Waals surface area contributed by atoms with Gasteiger partial charge in [-0.1, -0.05) is 0 Å². The third-order valence-corrected chi connectivity index (χ3v) is 4.14. The summed E-state index contributed by atoms with van der Waals surface area (Å²) >= 11 is 0. The molecule has 0 unspecified atom stereocenters. The number of rotatable bonds is 5. The summed E-state index contributed by atoms with van der Waals surface area (Å²) in [6.07, 6.45) is 8.20. The lowest BCUT2D eigenvalue weighted by Gasteiger charge is -2.33. The molecule has 0 amide bonds. The minimum atomic E-state index is 0. The van der Waals surface area contributed by atoms with Crippen LogP contribution in [0.15, 0.2) is 46.3 Å². The van der Waals surface area contributed by atoms with Crippen molar-refractivity contribution in [1.82, 2.24) is 20.6 Å². The van der Waals surface area contributed by atoms with Crippen molar-refractivity contribution >= 4 is 35.9 Å². The maximum atomic E-state index is 5.34. The molecular weight excluding hydrogens is 431 g/mol. The van der Waals surface area contributed by atoms with Gasteiger partial charge in [0.05, 0.1) is 6.26 Å². The van der Waals surface area contributed by atoms with Gasteiger partial charge in [0.2, 0.25) is 5.95 Å². The zero-order valence-electron chi connectivity index (χ0n) is 14.4. The van der Waals surface area contributed by atoms with Crippen molar-refractivity contribution in [3.63, 3.8) is 0 Å². The molecule has 0 bridgehead atoms. The largest absolute Gasteiger partial charge is 0.469 e. The number of halogens is 1. The van der Waals surface area contributed by atoms with E-state index in [1.54, 1.807) is 25.7 Å². The van der Waals surface area contributed by atoms with E-state index in [-0.39, 0.29) is 24.0 Å². The molecule has 136 valence electrons.